The Bertz CT molecular complexity index is 791. The number of Topliss-reactive ketones (excluding diaryl/α,β-unsaturated/α-hetero) is 1. The van der Waals surface area contributed by atoms with Crippen molar-refractivity contribution in [2.45, 2.75) is 77.5 Å². The highest BCUT2D eigenvalue weighted by Crippen LogP contribution is 2.34. The summed E-state index contributed by atoms with van der Waals surface area (Å²) < 4.78 is 7.94. The molecule has 4 nitrogen and oxygen atoms in total. The number of hydrogen-bond acceptors (Lipinski definition) is 3. The number of rotatable bonds is 7. The highest BCUT2D eigenvalue weighted by molar-refractivity contribution is 6.31. The lowest BCUT2D eigenvalue weighted by Gasteiger charge is -2.22. The van der Waals surface area contributed by atoms with E-state index < -0.39 is 5.60 Å². The van der Waals surface area contributed by atoms with E-state index in [2.05, 4.69) is 10.7 Å². The minimum atomic E-state index is -0.794. The second-order valence-corrected chi connectivity index (χ2v) is 8.41. The van der Waals surface area contributed by atoms with Crippen LogP contribution in [0, 0.1) is 0 Å². The molecule has 0 atom stereocenters. The molecule has 0 aliphatic heterocycles. The summed E-state index contributed by atoms with van der Waals surface area (Å²) in [5, 5.41) is 5.57. The zero-order chi connectivity index (χ0) is 19.4. The van der Waals surface area contributed by atoms with Crippen molar-refractivity contribution in [3.8, 4) is 0 Å². The van der Waals surface area contributed by atoms with Crippen molar-refractivity contribution in [3.05, 3.63) is 52.3 Å². The SMILES string of the molecule is CC(=O)C(C)(C)OCc1cc(C2CCCCC2)n(Cc2ccccc2Cl)n1. The summed E-state index contributed by atoms with van der Waals surface area (Å²) in [5.74, 6) is 0.550. The Kier molecular flexibility index (Phi) is 6.38. The zero-order valence-electron chi connectivity index (χ0n) is 16.5. The van der Waals surface area contributed by atoms with E-state index in [-0.39, 0.29) is 5.78 Å². The second kappa shape index (κ2) is 8.57. The molecule has 1 fully saturated rings. The van der Waals surface area contributed by atoms with Crippen LogP contribution in [0.15, 0.2) is 30.3 Å². The summed E-state index contributed by atoms with van der Waals surface area (Å²) in [4.78, 5) is 11.7. The van der Waals surface area contributed by atoms with Gasteiger partial charge in [-0.15, -0.1) is 0 Å². The fourth-order valence-electron chi connectivity index (χ4n) is 3.55. The molecule has 0 unspecified atom stereocenters. The molecule has 1 heterocycles. The van der Waals surface area contributed by atoms with E-state index in [1.807, 2.05) is 24.3 Å². The smallest absolute Gasteiger partial charge is 0.161 e. The molecule has 0 radical (unpaired) electrons. The van der Waals surface area contributed by atoms with Gasteiger partial charge in [0.05, 0.1) is 18.8 Å². The van der Waals surface area contributed by atoms with Crippen molar-refractivity contribution in [2.75, 3.05) is 0 Å². The van der Waals surface area contributed by atoms with E-state index in [1.165, 1.54) is 37.8 Å². The minimum absolute atomic E-state index is 0.0190. The van der Waals surface area contributed by atoms with Gasteiger partial charge in [-0.3, -0.25) is 9.48 Å². The molecule has 2 aromatic rings. The molecule has 1 saturated carbocycles. The number of benzene rings is 1. The molecule has 0 N–H and O–H groups in total. The Hall–Kier alpha value is -1.65. The Labute approximate surface area is 166 Å². The molecule has 0 saturated heterocycles. The molecule has 27 heavy (non-hydrogen) atoms. The van der Waals surface area contributed by atoms with Gasteiger partial charge in [-0.1, -0.05) is 49.1 Å². The van der Waals surface area contributed by atoms with Gasteiger partial charge in [-0.2, -0.15) is 5.10 Å². The first-order valence-corrected chi connectivity index (χ1v) is 10.2. The number of ketones is 1. The summed E-state index contributed by atoms with van der Waals surface area (Å²) in [7, 11) is 0. The van der Waals surface area contributed by atoms with Gasteiger partial charge in [0.2, 0.25) is 0 Å². The Morgan fingerprint density at radius 3 is 2.63 bits per heavy atom. The van der Waals surface area contributed by atoms with Crippen molar-refractivity contribution in [2.24, 2.45) is 0 Å². The van der Waals surface area contributed by atoms with E-state index in [9.17, 15) is 4.79 Å². The number of hydrogen-bond donors (Lipinski definition) is 0. The van der Waals surface area contributed by atoms with Crippen LogP contribution in [0.3, 0.4) is 0 Å². The van der Waals surface area contributed by atoms with Gasteiger partial charge in [-0.05, 0) is 51.3 Å². The molecule has 1 aromatic heterocycles. The first-order valence-electron chi connectivity index (χ1n) is 9.82. The highest BCUT2D eigenvalue weighted by atomic mass is 35.5. The second-order valence-electron chi connectivity index (χ2n) is 8.00. The molecular weight excluding hydrogens is 360 g/mol. The van der Waals surface area contributed by atoms with Crippen LogP contribution in [0.2, 0.25) is 5.02 Å². The quantitative estimate of drug-likeness (QED) is 0.627. The van der Waals surface area contributed by atoms with Crippen LogP contribution in [0.5, 0.6) is 0 Å². The fourth-order valence-corrected chi connectivity index (χ4v) is 3.75. The summed E-state index contributed by atoms with van der Waals surface area (Å²) in [5.41, 5.74) is 2.40. The summed E-state index contributed by atoms with van der Waals surface area (Å²) in [6.07, 6.45) is 6.26. The third-order valence-electron chi connectivity index (χ3n) is 5.59. The summed E-state index contributed by atoms with van der Waals surface area (Å²) >= 11 is 6.37. The molecule has 5 heteroatoms. The number of carbonyl (C=O) groups excluding carboxylic acids is 1. The van der Waals surface area contributed by atoms with E-state index in [4.69, 9.17) is 21.4 Å². The number of carbonyl (C=O) groups is 1. The van der Waals surface area contributed by atoms with Crippen LogP contribution in [0.25, 0.3) is 0 Å². The molecule has 1 aliphatic rings. The van der Waals surface area contributed by atoms with Gasteiger partial charge in [0.25, 0.3) is 0 Å². The Morgan fingerprint density at radius 1 is 1.26 bits per heavy atom. The number of halogens is 1. The third kappa shape index (κ3) is 4.99. The standard InChI is InChI=1S/C22H29ClN2O2/c1-16(26)22(2,3)27-15-19-13-21(17-9-5-4-6-10-17)25(24-19)14-18-11-7-8-12-20(18)23/h7-8,11-13,17H,4-6,9-10,14-15H2,1-3H3. The van der Waals surface area contributed by atoms with Gasteiger partial charge < -0.3 is 4.74 Å². The van der Waals surface area contributed by atoms with Gasteiger partial charge in [0, 0.05) is 16.6 Å². The lowest BCUT2D eigenvalue weighted by molar-refractivity contribution is -0.139. The van der Waals surface area contributed by atoms with E-state index in [1.54, 1.807) is 20.8 Å². The van der Waals surface area contributed by atoms with Gasteiger partial charge in [-0.25, -0.2) is 0 Å². The van der Waals surface area contributed by atoms with Crippen molar-refractivity contribution >= 4 is 17.4 Å². The first kappa shape index (κ1) is 20.1. The van der Waals surface area contributed by atoms with Crippen LogP contribution < -0.4 is 0 Å². The van der Waals surface area contributed by atoms with Crippen molar-refractivity contribution in [3.63, 3.8) is 0 Å². The fraction of sp³-hybridized carbons (Fsp3) is 0.545. The third-order valence-corrected chi connectivity index (χ3v) is 5.96. The topological polar surface area (TPSA) is 44.1 Å². The number of ether oxygens (including phenoxy) is 1. The molecular formula is C22H29ClN2O2. The number of aromatic nitrogens is 2. The molecule has 1 aromatic carbocycles. The van der Waals surface area contributed by atoms with Gasteiger partial charge in [0.15, 0.2) is 5.78 Å². The molecule has 0 amide bonds. The van der Waals surface area contributed by atoms with Crippen LogP contribution in [-0.2, 0) is 22.7 Å². The average molecular weight is 389 g/mol. The van der Waals surface area contributed by atoms with Crippen LogP contribution in [0.1, 0.15) is 75.7 Å². The molecule has 146 valence electrons. The lowest BCUT2D eigenvalue weighted by Crippen LogP contribution is -2.32. The van der Waals surface area contributed by atoms with Crippen LogP contribution >= 0.6 is 11.6 Å². The predicted octanol–water partition coefficient (Wildman–Crippen LogP) is 5.52. The molecule has 0 bridgehead atoms. The van der Waals surface area contributed by atoms with Crippen LogP contribution in [0.4, 0.5) is 0 Å². The van der Waals surface area contributed by atoms with E-state index in [0.717, 1.165) is 16.3 Å². The number of nitrogens with zero attached hydrogens (tertiary/aromatic N) is 2. The maximum absolute atomic E-state index is 11.7. The first-order chi connectivity index (χ1) is 12.9. The molecule has 1 aliphatic carbocycles. The summed E-state index contributed by atoms with van der Waals surface area (Å²) in [6, 6.07) is 10.1. The van der Waals surface area contributed by atoms with Crippen molar-refractivity contribution < 1.29 is 9.53 Å². The summed E-state index contributed by atoms with van der Waals surface area (Å²) in [6.45, 7) is 6.16. The lowest BCUT2D eigenvalue weighted by atomic mass is 9.87. The molecule has 3 rings (SSSR count). The monoisotopic (exact) mass is 388 g/mol. The van der Waals surface area contributed by atoms with Gasteiger partial charge >= 0.3 is 0 Å². The van der Waals surface area contributed by atoms with Crippen molar-refractivity contribution in [1.82, 2.24) is 9.78 Å². The van der Waals surface area contributed by atoms with Crippen molar-refractivity contribution in [1.29, 1.82) is 0 Å². The van der Waals surface area contributed by atoms with E-state index in [0.29, 0.717) is 19.1 Å². The Balaban J connectivity index is 1.84. The van der Waals surface area contributed by atoms with E-state index >= 15 is 0 Å². The predicted molar refractivity (Wildman–Crippen MR) is 108 cm³/mol. The largest absolute Gasteiger partial charge is 0.361 e. The highest BCUT2D eigenvalue weighted by Gasteiger charge is 2.26. The zero-order valence-corrected chi connectivity index (χ0v) is 17.3. The van der Waals surface area contributed by atoms with Gasteiger partial charge in [0.1, 0.15) is 5.60 Å². The molecule has 0 spiro atoms. The maximum Gasteiger partial charge on any atom is 0.161 e. The Morgan fingerprint density at radius 2 is 1.96 bits per heavy atom. The minimum Gasteiger partial charge on any atom is -0.361 e. The normalized spacial score (nSPS) is 15.9. The average Bonchev–Trinajstić information content (AvgIpc) is 3.05. The maximum atomic E-state index is 11.7. The van der Waals surface area contributed by atoms with Crippen LogP contribution in [-0.4, -0.2) is 21.2 Å².